The number of hydrogen-bond acceptors (Lipinski definition) is 3. The van der Waals surface area contributed by atoms with Crippen molar-refractivity contribution in [3.8, 4) is 0 Å². The number of fused-ring (bicyclic) bond motifs is 3. The van der Waals surface area contributed by atoms with Crippen molar-refractivity contribution in [2.45, 2.75) is 33.2 Å². The van der Waals surface area contributed by atoms with Gasteiger partial charge in [0.05, 0.1) is 6.61 Å². The number of nitrogens with zero attached hydrogens (tertiary/aromatic N) is 1. The van der Waals surface area contributed by atoms with Gasteiger partial charge < -0.3 is 15.1 Å². The summed E-state index contributed by atoms with van der Waals surface area (Å²) in [6, 6.07) is 4.16. The number of allylic oxidation sites excluding steroid dienone is 2. The Morgan fingerprint density at radius 1 is 1.40 bits per heavy atom. The lowest BCUT2D eigenvalue weighted by Gasteiger charge is -2.47. The average Bonchev–Trinajstić information content (AvgIpc) is 2.54. The summed E-state index contributed by atoms with van der Waals surface area (Å²) in [4.78, 5) is 2.12. The van der Waals surface area contributed by atoms with Crippen LogP contribution in [0.5, 0.6) is 0 Å². The van der Waals surface area contributed by atoms with Crippen LogP contribution in [0.25, 0.3) is 5.70 Å². The van der Waals surface area contributed by atoms with Crippen molar-refractivity contribution in [1.29, 1.82) is 0 Å². The molecule has 0 amide bonds. The Morgan fingerprint density at radius 3 is 2.68 bits per heavy atom. The van der Waals surface area contributed by atoms with Gasteiger partial charge in [0.15, 0.2) is 0 Å². The second-order valence-electron chi connectivity index (χ2n) is 7.58. The predicted octanol–water partition coefficient (Wildman–Crippen LogP) is 4.76. The number of hydrogen-bond donors (Lipinski definition) is 2. The second-order valence-corrected chi connectivity index (χ2v) is 7.98. The first-order valence-corrected chi connectivity index (χ1v) is 8.73. The van der Waals surface area contributed by atoms with Crippen LogP contribution in [-0.2, 0) is 6.42 Å². The average molecular weight is 358 g/mol. The third kappa shape index (κ3) is 2.92. The highest BCUT2D eigenvalue weighted by atomic mass is 35.5. The van der Waals surface area contributed by atoms with Crippen LogP contribution in [0, 0.1) is 12.3 Å². The minimum Gasteiger partial charge on any atom is -0.508 e. The van der Waals surface area contributed by atoms with E-state index in [1.165, 1.54) is 5.56 Å². The van der Waals surface area contributed by atoms with Crippen LogP contribution in [0.4, 0.5) is 0 Å². The lowest BCUT2D eigenvalue weighted by molar-refractivity contribution is 0.0826. The number of halogens is 1. The normalized spacial score (nSPS) is 19.8. The maximum absolute atomic E-state index is 9.94. The SMILES string of the molecule is C=C(O)C1=CN2C(=CC1=C)c1cc(Cl)c(C)cc1CC2C(C)(C)CO. The minimum atomic E-state index is -0.332. The first-order valence-electron chi connectivity index (χ1n) is 8.35. The molecule has 0 aliphatic carbocycles. The van der Waals surface area contributed by atoms with Gasteiger partial charge in [0, 0.05) is 39.5 Å². The molecule has 4 heteroatoms. The van der Waals surface area contributed by atoms with Crippen molar-refractivity contribution in [3.63, 3.8) is 0 Å². The molecule has 0 saturated heterocycles. The van der Waals surface area contributed by atoms with Crippen molar-refractivity contribution in [3.05, 3.63) is 76.2 Å². The third-order valence-electron chi connectivity index (χ3n) is 5.23. The summed E-state index contributed by atoms with van der Waals surface area (Å²) in [5.74, 6) is -0.00594. The van der Waals surface area contributed by atoms with Gasteiger partial charge in [-0.1, -0.05) is 44.7 Å². The molecule has 0 fully saturated rings. The molecule has 3 nitrogen and oxygen atoms in total. The lowest BCUT2D eigenvalue weighted by Crippen LogP contribution is -2.48. The molecule has 2 heterocycles. The molecule has 0 saturated carbocycles. The summed E-state index contributed by atoms with van der Waals surface area (Å²) < 4.78 is 0. The molecular formula is C21H24ClNO2. The van der Waals surface area contributed by atoms with E-state index in [0.29, 0.717) is 11.1 Å². The van der Waals surface area contributed by atoms with E-state index in [1.807, 2.05) is 39.1 Å². The van der Waals surface area contributed by atoms with Crippen molar-refractivity contribution in [2.24, 2.45) is 5.41 Å². The summed E-state index contributed by atoms with van der Waals surface area (Å²) >= 11 is 6.37. The quantitative estimate of drug-likeness (QED) is 0.766. The van der Waals surface area contributed by atoms with Gasteiger partial charge in [-0.15, -0.1) is 0 Å². The Hall–Kier alpha value is -1.97. The largest absolute Gasteiger partial charge is 0.508 e. The summed E-state index contributed by atoms with van der Waals surface area (Å²) in [6.45, 7) is 13.9. The number of aliphatic hydroxyl groups excluding tert-OH is 2. The smallest absolute Gasteiger partial charge is 0.117 e. The van der Waals surface area contributed by atoms with Crippen molar-refractivity contribution < 1.29 is 10.2 Å². The van der Waals surface area contributed by atoms with Gasteiger partial charge in [-0.3, -0.25) is 0 Å². The molecule has 1 aromatic carbocycles. The Bertz CT molecular complexity index is 833. The highest BCUT2D eigenvalue weighted by molar-refractivity contribution is 6.31. The fourth-order valence-electron chi connectivity index (χ4n) is 3.56. The van der Waals surface area contributed by atoms with Gasteiger partial charge in [0.2, 0.25) is 0 Å². The highest BCUT2D eigenvalue weighted by Gasteiger charge is 2.40. The van der Waals surface area contributed by atoms with E-state index in [9.17, 15) is 10.2 Å². The van der Waals surface area contributed by atoms with Gasteiger partial charge >= 0.3 is 0 Å². The Labute approximate surface area is 154 Å². The molecule has 0 aromatic heterocycles. The first kappa shape index (κ1) is 17.8. The van der Waals surface area contributed by atoms with Gasteiger partial charge in [0.25, 0.3) is 0 Å². The first-order chi connectivity index (χ1) is 11.7. The number of rotatable bonds is 3. The van der Waals surface area contributed by atoms with E-state index >= 15 is 0 Å². The monoisotopic (exact) mass is 357 g/mol. The maximum atomic E-state index is 9.94. The van der Waals surface area contributed by atoms with Crippen LogP contribution in [0.2, 0.25) is 5.02 Å². The zero-order valence-corrected chi connectivity index (χ0v) is 15.7. The molecule has 2 aliphatic rings. The number of aryl methyl sites for hydroxylation is 1. The van der Waals surface area contributed by atoms with Crippen molar-refractivity contribution in [1.82, 2.24) is 4.90 Å². The van der Waals surface area contributed by atoms with E-state index < -0.39 is 0 Å². The third-order valence-corrected chi connectivity index (χ3v) is 5.64. The fraction of sp³-hybridized carbons (Fsp3) is 0.333. The molecule has 3 rings (SSSR count). The van der Waals surface area contributed by atoms with Gasteiger partial charge in [-0.2, -0.15) is 0 Å². The molecule has 2 N–H and O–H groups in total. The van der Waals surface area contributed by atoms with Crippen LogP contribution in [-0.4, -0.2) is 27.8 Å². The summed E-state index contributed by atoms with van der Waals surface area (Å²) in [6.07, 6.45) is 4.63. The molecule has 0 bridgehead atoms. The molecule has 0 spiro atoms. The summed E-state index contributed by atoms with van der Waals surface area (Å²) in [5.41, 5.74) is 5.31. The Balaban J connectivity index is 2.22. The van der Waals surface area contributed by atoms with Crippen LogP contribution < -0.4 is 0 Å². The Morgan fingerprint density at radius 2 is 2.08 bits per heavy atom. The van der Waals surface area contributed by atoms with E-state index in [2.05, 4.69) is 24.1 Å². The van der Waals surface area contributed by atoms with Crippen LogP contribution in [0.1, 0.15) is 30.5 Å². The summed E-state index contributed by atoms with van der Waals surface area (Å²) in [5, 5.41) is 20.6. The van der Waals surface area contributed by atoms with E-state index in [1.54, 1.807) is 0 Å². The van der Waals surface area contributed by atoms with Crippen LogP contribution >= 0.6 is 11.6 Å². The van der Waals surface area contributed by atoms with Gasteiger partial charge in [-0.05, 0) is 42.2 Å². The van der Waals surface area contributed by atoms with Crippen molar-refractivity contribution >= 4 is 17.3 Å². The maximum Gasteiger partial charge on any atom is 0.117 e. The molecular weight excluding hydrogens is 334 g/mol. The lowest BCUT2D eigenvalue weighted by atomic mass is 9.75. The highest BCUT2D eigenvalue weighted by Crippen LogP contribution is 2.44. The zero-order valence-electron chi connectivity index (χ0n) is 14.9. The van der Waals surface area contributed by atoms with Crippen LogP contribution in [0.3, 0.4) is 0 Å². The summed E-state index contributed by atoms with van der Waals surface area (Å²) in [7, 11) is 0. The fourth-order valence-corrected chi connectivity index (χ4v) is 3.72. The molecule has 132 valence electrons. The minimum absolute atomic E-state index is 0.00594. The van der Waals surface area contributed by atoms with Gasteiger partial charge in [0.1, 0.15) is 5.76 Å². The predicted molar refractivity (Wildman–Crippen MR) is 103 cm³/mol. The molecule has 1 aromatic rings. The number of aliphatic hydroxyl groups is 2. The molecule has 0 radical (unpaired) electrons. The van der Waals surface area contributed by atoms with E-state index in [-0.39, 0.29) is 23.8 Å². The van der Waals surface area contributed by atoms with Crippen molar-refractivity contribution in [2.75, 3.05) is 6.61 Å². The van der Waals surface area contributed by atoms with E-state index in [4.69, 9.17) is 11.6 Å². The molecule has 25 heavy (non-hydrogen) atoms. The van der Waals surface area contributed by atoms with Gasteiger partial charge in [-0.25, -0.2) is 0 Å². The standard InChI is InChI=1S/C21H24ClNO2/c1-12-7-19-16-9-18(22)13(2)6-15(16)8-20(21(4,5)11-24)23(19)10-17(12)14(3)25/h6-7,9-10,20,24-25H,1,3,8,11H2,2,4-5H3. The second kappa shape index (κ2) is 6.08. The van der Waals surface area contributed by atoms with Crippen LogP contribution in [0.15, 0.2) is 54.5 Å². The Kier molecular flexibility index (Phi) is 4.34. The topological polar surface area (TPSA) is 43.7 Å². The van der Waals surface area contributed by atoms with E-state index in [0.717, 1.165) is 28.3 Å². The molecule has 1 atom stereocenters. The number of benzene rings is 1. The molecule has 1 unspecified atom stereocenters. The zero-order chi connectivity index (χ0) is 18.5. The molecule has 2 aliphatic heterocycles.